The molecule has 6 nitrogen and oxygen atoms in total. The molecule has 80 valence electrons. The van der Waals surface area contributed by atoms with Crippen molar-refractivity contribution in [1.82, 2.24) is 4.98 Å². The SMILES string of the molecule is CC(C#N)c1nc2c([N+](=O)[O-])cccc2o1. The Morgan fingerprint density at radius 1 is 1.62 bits per heavy atom. The van der Waals surface area contributed by atoms with Crippen molar-refractivity contribution in [3.05, 3.63) is 34.2 Å². The van der Waals surface area contributed by atoms with E-state index in [4.69, 9.17) is 9.68 Å². The number of hydrogen-bond acceptors (Lipinski definition) is 5. The summed E-state index contributed by atoms with van der Waals surface area (Å²) in [7, 11) is 0. The highest BCUT2D eigenvalue weighted by molar-refractivity contribution is 5.82. The number of aromatic nitrogens is 1. The highest BCUT2D eigenvalue weighted by Gasteiger charge is 2.19. The lowest BCUT2D eigenvalue weighted by molar-refractivity contribution is -0.383. The zero-order valence-corrected chi connectivity index (χ0v) is 8.38. The first-order chi connectivity index (χ1) is 7.63. The molecule has 1 aromatic carbocycles. The largest absolute Gasteiger partial charge is 0.439 e. The number of nitro groups is 1. The second-order valence-electron chi connectivity index (χ2n) is 3.28. The van der Waals surface area contributed by atoms with Crippen LogP contribution in [-0.4, -0.2) is 9.91 Å². The third-order valence-corrected chi connectivity index (χ3v) is 2.18. The number of fused-ring (bicyclic) bond motifs is 1. The quantitative estimate of drug-likeness (QED) is 0.568. The fourth-order valence-electron chi connectivity index (χ4n) is 1.34. The van der Waals surface area contributed by atoms with Gasteiger partial charge >= 0.3 is 0 Å². The second kappa shape index (κ2) is 3.62. The van der Waals surface area contributed by atoms with Gasteiger partial charge in [-0.15, -0.1) is 0 Å². The molecule has 0 spiro atoms. The van der Waals surface area contributed by atoms with Gasteiger partial charge in [0.15, 0.2) is 11.1 Å². The first-order valence-corrected chi connectivity index (χ1v) is 4.57. The van der Waals surface area contributed by atoms with Gasteiger partial charge in [0.1, 0.15) is 5.92 Å². The normalized spacial score (nSPS) is 12.2. The van der Waals surface area contributed by atoms with Gasteiger partial charge < -0.3 is 4.42 Å². The van der Waals surface area contributed by atoms with E-state index in [0.717, 1.165) is 0 Å². The van der Waals surface area contributed by atoms with E-state index < -0.39 is 10.8 Å². The number of benzene rings is 1. The van der Waals surface area contributed by atoms with Crippen molar-refractivity contribution in [2.75, 3.05) is 0 Å². The Morgan fingerprint density at radius 2 is 2.38 bits per heavy atom. The van der Waals surface area contributed by atoms with E-state index in [9.17, 15) is 10.1 Å². The zero-order valence-electron chi connectivity index (χ0n) is 8.38. The van der Waals surface area contributed by atoms with Crippen molar-refractivity contribution in [2.45, 2.75) is 12.8 Å². The van der Waals surface area contributed by atoms with E-state index in [1.54, 1.807) is 13.0 Å². The van der Waals surface area contributed by atoms with Crippen molar-refractivity contribution in [1.29, 1.82) is 5.26 Å². The summed E-state index contributed by atoms with van der Waals surface area (Å²) in [5.74, 6) is -0.321. The van der Waals surface area contributed by atoms with Crippen LogP contribution in [0.5, 0.6) is 0 Å². The lowest BCUT2D eigenvalue weighted by atomic mass is 10.2. The fourth-order valence-corrected chi connectivity index (χ4v) is 1.34. The highest BCUT2D eigenvalue weighted by atomic mass is 16.6. The molecule has 0 radical (unpaired) electrons. The molecule has 0 amide bonds. The van der Waals surface area contributed by atoms with Gasteiger partial charge in [0, 0.05) is 6.07 Å². The molecule has 0 bridgehead atoms. The minimum Gasteiger partial charge on any atom is -0.439 e. The lowest BCUT2D eigenvalue weighted by Crippen LogP contribution is -1.90. The predicted octanol–water partition coefficient (Wildman–Crippen LogP) is 2.36. The Bertz CT molecular complexity index is 597. The van der Waals surface area contributed by atoms with Crippen molar-refractivity contribution in [3.8, 4) is 6.07 Å². The summed E-state index contributed by atoms with van der Waals surface area (Å²) >= 11 is 0. The van der Waals surface area contributed by atoms with E-state index in [0.29, 0.717) is 5.58 Å². The Balaban J connectivity index is 2.67. The Morgan fingerprint density at radius 3 is 3.00 bits per heavy atom. The number of hydrogen-bond donors (Lipinski definition) is 0. The summed E-state index contributed by atoms with van der Waals surface area (Å²) in [5, 5.41) is 19.4. The second-order valence-corrected chi connectivity index (χ2v) is 3.28. The lowest BCUT2D eigenvalue weighted by Gasteiger charge is -1.90. The standard InChI is InChI=1S/C10H7N3O3/c1-6(5-11)10-12-9-7(13(14)15)3-2-4-8(9)16-10/h2-4,6H,1H3. The number of rotatable bonds is 2. The van der Waals surface area contributed by atoms with Crippen LogP contribution in [0.4, 0.5) is 5.69 Å². The van der Waals surface area contributed by atoms with Gasteiger partial charge in [-0.05, 0) is 13.0 Å². The van der Waals surface area contributed by atoms with Crippen LogP contribution in [0.3, 0.4) is 0 Å². The van der Waals surface area contributed by atoms with Gasteiger partial charge in [0.05, 0.1) is 11.0 Å². The average molecular weight is 217 g/mol. The van der Waals surface area contributed by atoms with Crippen LogP contribution >= 0.6 is 0 Å². The van der Waals surface area contributed by atoms with Gasteiger partial charge in [-0.1, -0.05) is 6.07 Å². The van der Waals surface area contributed by atoms with Crippen molar-refractivity contribution in [3.63, 3.8) is 0 Å². The summed E-state index contributed by atoms with van der Waals surface area (Å²) in [6.45, 7) is 1.62. The number of nitriles is 1. The molecule has 0 aliphatic rings. The van der Waals surface area contributed by atoms with E-state index in [1.165, 1.54) is 12.1 Å². The Labute approximate surface area is 90.3 Å². The fraction of sp³-hybridized carbons (Fsp3) is 0.200. The van der Waals surface area contributed by atoms with E-state index in [-0.39, 0.29) is 17.1 Å². The molecular weight excluding hydrogens is 210 g/mol. The molecule has 0 aliphatic carbocycles. The average Bonchev–Trinajstić information content (AvgIpc) is 2.70. The third-order valence-electron chi connectivity index (χ3n) is 2.18. The van der Waals surface area contributed by atoms with Crippen LogP contribution in [0.25, 0.3) is 11.1 Å². The maximum absolute atomic E-state index is 10.7. The molecular formula is C10H7N3O3. The zero-order chi connectivity index (χ0) is 11.7. The van der Waals surface area contributed by atoms with Crippen molar-refractivity contribution in [2.24, 2.45) is 0 Å². The molecule has 6 heteroatoms. The summed E-state index contributed by atoms with van der Waals surface area (Å²) in [4.78, 5) is 14.2. The van der Waals surface area contributed by atoms with Crippen LogP contribution < -0.4 is 0 Å². The minimum atomic E-state index is -0.522. The van der Waals surface area contributed by atoms with Gasteiger partial charge in [0.2, 0.25) is 5.89 Å². The molecule has 2 rings (SSSR count). The van der Waals surface area contributed by atoms with Crippen molar-refractivity contribution < 1.29 is 9.34 Å². The van der Waals surface area contributed by atoms with Crippen LogP contribution in [0.1, 0.15) is 18.7 Å². The van der Waals surface area contributed by atoms with Gasteiger partial charge in [-0.2, -0.15) is 5.26 Å². The maximum atomic E-state index is 10.7. The third kappa shape index (κ3) is 1.48. The Hall–Kier alpha value is -2.42. The molecule has 0 saturated heterocycles. The molecule has 1 unspecified atom stereocenters. The topological polar surface area (TPSA) is 93.0 Å². The molecule has 0 saturated carbocycles. The molecule has 16 heavy (non-hydrogen) atoms. The van der Waals surface area contributed by atoms with E-state index in [2.05, 4.69) is 4.98 Å². The number of para-hydroxylation sites is 1. The minimum absolute atomic E-state index is 0.113. The summed E-state index contributed by atoms with van der Waals surface area (Å²) in [6.07, 6.45) is 0. The number of non-ortho nitro benzene ring substituents is 1. The molecule has 2 aromatic rings. The van der Waals surface area contributed by atoms with Crippen molar-refractivity contribution >= 4 is 16.8 Å². The molecule has 0 aliphatic heterocycles. The van der Waals surface area contributed by atoms with Gasteiger partial charge in [0.25, 0.3) is 5.69 Å². The molecule has 1 aromatic heterocycles. The molecule has 1 atom stereocenters. The first-order valence-electron chi connectivity index (χ1n) is 4.57. The van der Waals surface area contributed by atoms with E-state index in [1.807, 2.05) is 6.07 Å². The van der Waals surface area contributed by atoms with Gasteiger partial charge in [-0.25, -0.2) is 4.98 Å². The predicted molar refractivity (Wildman–Crippen MR) is 54.7 cm³/mol. The smallest absolute Gasteiger partial charge is 0.298 e. The molecule has 1 heterocycles. The first kappa shape index (κ1) is 10.1. The summed E-state index contributed by atoms with van der Waals surface area (Å²) in [6, 6.07) is 6.42. The van der Waals surface area contributed by atoms with Crippen LogP contribution in [-0.2, 0) is 0 Å². The van der Waals surface area contributed by atoms with E-state index >= 15 is 0 Å². The van der Waals surface area contributed by atoms with Crippen LogP contribution in [0.15, 0.2) is 22.6 Å². The molecule has 0 N–H and O–H groups in total. The number of nitro benzene ring substituents is 1. The summed E-state index contributed by atoms with van der Waals surface area (Å²) < 4.78 is 5.27. The highest BCUT2D eigenvalue weighted by Crippen LogP contribution is 2.27. The Kier molecular flexibility index (Phi) is 2.29. The van der Waals surface area contributed by atoms with Crippen LogP contribution in [0.2, 0.25) is 0 Å². The maximum Gasteiger partial charge on any atom is 0.298 e. The number of oxazole rings is 1. The number of nitrogens with zero attached hydrogens (tertiary/aromatic N) is 3. The summed E-state index contributed by atoms with van der Waals surface area (Å²) in [5.41, 5.74) is 0.397. The van der Waals surface area contributed by atoms with Crippen LogP contribution in [0, 0.1) is 21.4 Å². The van der Waals surface area contributed by atoms with Gasteiger partial charge in [-0.3, -0.25) is 10.1 Å². The molecule has 0 fully saturated rings. The monoisotopic (exact) mass is 217 g/mol.